The summed E-state index contributed by atoms with van der Waals surface area (Å²) in [5, 5.41) is 3.52. The third-order valence-corrected chi connectivity index (χ3v) is 3.05. The van der Waals surface area contributed by atoms with Gasteiger partial charge in [-0.3, -0.25) is 4.98 Å². The average Bonchev–Trinajstić information content (AvgIpc) is 3.09. The van der Waals surface area contributed by atoms with Crippen molar-refractivity contribution in [3.63, 3.8) is 0 Å². The van der Waals surface area contributed by atoms with Gasteiger partial charge >= 0.3 is 0 Å². The van der Waals surface area contributed by atoms with Crippen LogP contribution >= 0.6 is 0 Å². The predicted octanol–water partition coefficient (Wildman–Crippen LogP) is 2.18. The van der Waals surface area contributed by atoms with Gasteiger partial charge in [-0.25, -0.2) is 0 Å². The third-order valence-electron chi connectivity index (χ3n) is 3.05. The van der Waals surface area contributed by atoms with Crippen LogP contribution in [0.3, 0.4) is 0 Å². The summed E-state index contributed by atoms with van der Waals surface area (Å²) >= 11 is 0. The molecule has 3 nitrogen and oxygen atoms in total. The Balaban J connectivity index is 1.59. The first-order chi connectivity index (χ1) is 8.40. The van der Waals surface area contributed by atoms with Crippen LogP contribution in [0.15, 0.2) is 42.9 Å². The second kappa shape index (κ2) is 4.72. The Bertz CT molecular complexity index is 471. The monoisotopic (exact) mass is 227 g/mol. The van der Waals surface area contributed by atoms with E-state index in [1.165, 1.54) is 18.4 Å². The SMILES string of the molecule is c1ccc(Cn2ccc(CNC3CC3)c2)nc1. The highest BCUT2D eigenvalue weighted by molar-refractivity contribution is 5.13. The van der Waals surface area contributed by atoms with Crippen molar-refractivity contribution in [2.24, 2.45) is 0 Å². The lowest BCUT2D eigenvalue weighted by molar-refractivity contribution is 0.684. The van der Waals surface area contributed by atoms with Gasteiger partial charge in [-0.1, -0.05) is 6.07 Å². The molecular weight excluding hydrogens is 210 g/mol. The van der Waals surface area contributed by atoms with Crippen LogP contribution in [-0.4, -0.2) is 15.6 Å². The molecule has 3 heteroatoms. The smallest absolute Gasteiger partial charge is 0.0642 e. The molecule has 2 aromatic heterocycles. The predicted molar refractivity (Wildman–Crippen MR) is 67.6 cm³/mol. The molecule has 0 atom stereocenters. The van der Waals surface area contributed by atoms with E-state index in [-0.39, 0.29) is 0 Å². The van der Waals surface area contributed by atoms with E-state index in [2.05, 4.69) is 39.4 Å². The summed E-state index contributed by atoms with van der Waals surface area (Å²) in [7, 11) is 0. The summed E-state index contributed by atoms with van der Waals surface area (Å²) < 4.78 is 2.19. The Hall–Kier alpha value is -1.61. The average molecular weight is 227 g/mol. The summed E-state index contributed by atoms with van der Waals surface area (Å²) in [6.07, 6.45) is 8.85. The summed E-state index contributed by atoms with van der Waals surface area (Å²) in [6.45, 7) is 1.84. The van der Waals surface area contributed by atoms with Crippen molar-refractivity contribution in [2.45, 2.75) is 32.0 Å². The van der Waals surface area contributed by atoms with Crippen molar-refractivity contribution in [3.05, 3.63) is 54.1 Å². The molecule has 0 bridgehead atoms. The van der Waals surface area contributed by atoms with Crippen LogP contribution in [0.2, 0.25) is 0 Å². The number of hydrogen-bond donors (Lipinski definition) is 1. The first-order valence-corrected chi connectivity index (χ1v) is 6.18. The lowest BCUT2D eigenvalue weighted by atomic mass is 10.3. The maximum atomic E-state index is 4.33. The Morgan fingerprint density at radius 1 is 1.29 bits per heavy atom. The molecule has 2 aromatic rings. The Morgan fingerprint density at radius 2 is 2.24 bits per heavy atom. The van der Waals surface area contributed by atoms with Crippen LogP contribution in [-0.2, 0) is 13.1 Å². The van der Waals surface area contributed by atoms with Crippen molar-refractivity contribution < 1.29 is 0 Å². The van der Waals surface area contributed by atoms with Gasteiger partial charge in [0, 0.05) is 31.2 Å². The van der Waals surface area contributed by atoms with Crippen molar-refractivity contribution in [1.29, 1.82) is 0 Å². The number of pyridine rings is 1. The minimum Gasteiger partial charge on any atom is -0.348 e. The molecule has 1 saturated carbocycles. The molecule has 1 aliphatic carbocycles. The third kappa shape index (κ3) is 2.94. The van der Waals surface area contributed by atoms with E-state index >= 15 is 0 Å². The first kappa shape index (κ1) is 10.5. The van der Waals surface area contributed by atoms with Crippen molar-refractivity contribution in [2.75, 3.05) is 0 Å². The van der Waals surface area contributed by atoms with Crippen LogP contribution in [0, 0.1) is 0 Å². The Morgan fingerprint density at radius 3 is 3.00 bits per heavy atom. The highest BCUT2D eigenvalue weighted by Gasteiger charge is 2.19. The van der Waals surface area contributed by atoms with Gasteiger partial charge in [0.05, 0.1) is 12.2 Å². The molecule has 17 heavy (non-hydrogen) atoms. The number of hydrogen-bond acceptors (Lipinski definition) is 2. The molecule has 0 saturated heterocycles. The van der Waals surface area contributed by atoms with Gasteiger partial charge < -0.3 is 9.88 Å². The highest BCUT2D eigenvalue weighted by atomic mass is 15.0. The van der Waals surface area contributed by atoms with E-state index in [1.807, 2.05) is 18.3 Å². The van der Waals surface area contributed by atoms with Gasteiger partial charge in [-0.2, -0.15) is 0 Å². The minimum absolute atomic E-state index is 0.772. The fourth-order valence-corrected chi connectivity index (χ4v) is 1.92. The van der Waals surface area contributed by atoms with E-state index in [4.69, 9.17) is 0 Å². The number of nitrogens with one attached hydrogen (secondary N) is 1. The van der Waals surface area contributed by atoms with Crippen LogP contribution in [0.4, 0.5) is 0 Å². The molecule has 88 valence electrons. The second-order valence-electron chi connectivity index (χ2n) is 4.67. The fourth-order valence-electron chi connectivity index (χ4n) is 1.92. The quantitative estimate of drug-likeness (QED) is 0.848. The summed E-state index contributed by atoms with van der Waals surface area (Å²) in [5.41, 5.74) is 2.46. The van der Waals surface area contributed by atoms with Gasteiger partial charge in [0.2, 0.25) is 0 Å². The Labute approximate surface area is 101 Å². The maximum absolute atomic E-state index is 4.33. The van der Waals surface area contributed by atoms with Crippen LogP contribution in [0.5, 0.6) is 0 Å². The number of aromatic nitrogens is 2. The van der Waals surface area contributed by atoms with E-state index in [9.17, 15) is 0 Å². The maximum Gasteiger partial charge on any atom is 0.0642 e. The van der Waals surface area contributed by atoms with Gasteiger partial charge in [0.1, 0.15) is 0 Å². The van der Waals surface area contributed by atoms with Gasteiger partial charge in [0.25, 0.3) is 0 Å². The summed E-state index contributed by atoms with van der Waals surface area (Å²) in [6, 6.07) is 8.99. The molecule has 0 aromatic carbocycles. The molecule has 0 spiro atoms. The molecule has 0 amide bonds. The molecule has 0 radical (unpaired) electrons. The van der Waals surface area contributed by atoms with Gasteiger partial charge in [0.15, 0.2) is 0 Å². The van der Waals surface area contributed by atoms with Crippen LogP contribution in [0.25, 0.3) is 0 Å². The molecule has 3 rings (SSSR count). The summed E-state index contributed by atoms with van der Waals surface area (Å²) in [5.74, 6) is 0. The number of nitrogens with zero attached hydrogens (tertiary/aromatic N) is 2. The largest absolute Gasteiger partial charge is 0.348 e. The lowest BCUT2D eigenvalue weighted by Gasteiger charge is -2.02. The van der Waals surface area contributed by atoms with Crippen LogP contribution in [0.1, 0.15) is 24.1 Å². The highest BCUT2D eigenvalue weighted by Crippen LogP contribution is 2.19. The van der Waals surface area contributed by atoms with Crippen LogP contribution < -0.4 is 5.32 Å². The van der Waals surface area contributed by atoms with Gasteiger partial charge in [-0.15, -0.1) is 0 Å². The summed E-state index contributed by atoms with van der Waals surface area (Å²) in [4.78, 5) is 4.33. The van der Waals surface area contributed by atoms with Crippen molar-refractivity contribution >= 4 is 0 Å². The van der Waals surface area contributed by atoms with E-state index in [0.717, 1.165) is 24.8 Å². The molecule has 1 aliphatic rings. The molecule has 0 aliphatic heterocycles. The second-order valence-corrected chi connectivity index (χ2v) is 4.67. The zero-order valence-corrected chi connectivity index (χ0v) is 9.84. The molecule has 1 fully saturated rings. The lowest BCUT2D eigenvalue weighted by Crippen LogP contribution is -2.14. The van der Waals surface area contributed by atoms with E-state index in [1.54, 1.807) is 0 Å². The number of rotatable bonds is 5. The molecule has 1 N–H and O–H groups in total. The normalized spacial score (nSPS) is 15.1. The van der Waals surface area contributed by atoms with Crippen molar-refractivity contribution in [1.82, 2.24) is 14.9 Å². The molecule has 2 heterocycles. The van der Waals surface area contributed by atoms with E-state index < -0.39 is 0 Å². The van der Waals surface area contributed by atoms with Crippen molar-refractivity contribution in [3.8, 4) is 0 Å². The molecular formula is C14H17N3. The minimum atomic E-state index is 0.772. The zero-order chi connectivity index (χ0) is 11.5. The first-order valence-electron chi connectivity index (χ1n) is 6.18. The fraction of sp³-hybridized carbons (Fsp3) is 0.357. The molecule has 0 unspecified atom stereocenters. The topological polar surface area (TPSA) is 29.9 Å². The van der Waals surface area contributed by atoms with E-state index in [0.29, 0.717) is 0 Å². The zero-order valence-electron chi connectivity index (χ0n) is 9.84. The van der Waals surface area contributed by atoms with Gasteiger partial charge in [-0.05, 0) is 36.6 Å². The standard InChI is InChI=1S/C14H17N3/c1-2-7-15-14(3-1)11-17-8-6-12(10-17)9-16-13-4-5-13/h1-3,6-8,10,13,16H,4-5,9,11H2. The Kier molecular flexibility index (Phi) is 2.92.